The lowest BCUT2D eigenvalue weighted by atomic mass is 9.93. The van der Waals surface area contributed by atoms with Gasteiger partial charge in [0.1, 0.15) is 17.4 Å². The first kappa shape index (κ1) is 31.6. The van der Waals surface area contributed by atoms with Crippen LogP contribution in [0.2, 0.25) is 0 Å². The zero-order valence-corrected chi connectivity index (χ0v) is 23.2. The number of halogens is 7. The fourth-order valence-corrected chi connectivity index (χ4v) is 4.95. The minimum atomic E-state index is -4.86. The van der Waals surface area contributed by atoms with Crippen LogP contribution in [-0.4, -0.2) is 23.3 Å². The summed E-state index contributed by atoms with van der Waals surface area (Å²) in [7, 11) is 0. The summed E-state index contributed by atoms with van der Waals surface area (Å²) in [5.74, 6) is -1.90. The first-order valence-electron chi connectivity index (χ1n) is 12.3. The summed E-state index contributed by atoms with van der Waals surface area (Å²) in [6.07, 6.45) is -0.632. The number of alkyl halides is 3. The lowest BCUT2D eigenvalue weighted by molar-refractivity contribution is -0.274. The summed E-state index contributed by atoms with van der Waals surface area (Å²) < 4.78 is 70.0. The number of amides is 1. The van der Waals surface area contributed by atoms with Crippen molar-refractivity contribution in [2.75, 3.05) is 4.90 Å². The van der Waals surface area contributed by atoms with Crippen molar-refractivity contribution >= 4 is 36.4 Å². The Morgan fingerprint density at radius 3 is 2.10 bits per heavy atom. The van der Waals surface area contributed by atoms with Crippen LogP contribution in [0.1, 0.15) is 61.9 Å². The van der Waals surface area contributed by atoms with Gasteiger partial charge < -0.3 is 9.64 Å². The van der Waals surface area contributed by atoms with Gasteiger partial charge in [-0.05, 0) is 86.7 Å². The number of hydrogen-bond donors (Lipinski definition) is 1. The molecular weight excluding hydrogens is 576 g/mol. The molecule has 2 fully saturated rings. The number of rotatable bonds is 7. The van der Waals surface area contributed by atoms with Gasteiger partial charge in [-0.15, -0.1) is 38.0 Å². The van der Waals surface area contributed by atoms with Gasteiger partial charge in [0.05, 0.1) is 12.1 Å². The number of aromatic nitrogens is 1. The molecule has 5 nitrogen and oxygen atoms in total. The zero-order chi connectivity index (χ0) is 27.2. The Kier molecular flexibility index (Phi) is 9.38. The molecule has 3 aromatic rings. The predicted molar refractivity (Wildman–Crippen MR) is 145 cm³/mol. The SMILES string of the molecule is CC(C)(N[C@H]1C[C@@H](c2cc(F)cc(F)c2)N(c2ccc(OC(F)(F)F)cc2)C1=O)c1ccc(C2CC2)nc1.Cl.Cl. The molecule has 1 amide bonds. The molecule has 0 radical (unpaired) electrons. The van der Waals surface area contributed by atoms with Crippen LogP contribution in [-0.2, 0) is 10.3 Å². The number of hydrogen-bond acceptors (Lipinski definition) is 4. The summed E-state index contributed by atoms with van der Waals surface area (Å²) in [6.45, 7) is 3.83. The minimum absolute atomic E-state index is 0. The van der Waals surface area contributed by atoms with Crippen molar-refractivity contribution in [3.05, 3.63) is 89.2 Å². The van der Waals surface area contributed by atoms with Crippen LogP contribution in [0.4, 0.5) is 27.6 Å². The lowest BCUT2D eigenvalue weighted by Crippen LogP contribution is -2.47. The van der Waals surface area contributed by atoms with Crippen molar-refractivity contribution in [1.29, 1.82) is 0 Å². The molecule has 1 saturated carbocycles. The van der Waals surface area contributed by atoms with Crippen molar-refractivity contribution in [1.82, 2.24) is 10.3 Å². The first-order chi connectivity index (χ1) is 17.9. The van der Waals surface area contributed by atoms with Crippen molar-refractivity contribution in [3.63, 3.8) is 0 Å². The molecule has 12 heteroatoms. The molecule has 1 saturated heterocycles. The highest BCUT2D eigenvalue weighted by Crippen LogP contribution is 2.41. The van der Waals surface area contributed by atoms with Crippen LogP contribution < -0.4 is 15.0 Å². The van der Waals surface area contributed by atoms with E-state index in [4.69, 9.17) is 0 Å². The van der Waals surface area contributed by atoms with Crippen molar-refractivity contribution in [3.8, 4) is 5.75 Å². The number of benzene rings is 2. The molecule has 1 aromatic heterocycles. The number of carbonyl (C=O) groups excluding carboxylic acids is 1. The molecule has 40 heavy (non-hydrogen) atoms. The van der Waals surface area contributed by atoms with Crippen LogP contribution >= 0.6 is 24.8 Å². The maximum atomic E-state index is 14.1. The third-order valence-corrected chi connectivity index (χ3v) is 6.96. The van der Waals surface area contributed by atoms with Gasteiger partial charge in [-0.25, -0.2) is 8.78 Å². The second kappa shape index (κ2) is 11.9. The first-order valence-corrected chi connectivity index (χ1v) is 12.3. The van der Waals surface area contributed by atoms with E-state index in [9.17, 15) is 26.7 Å². The number of pyridine rings is 1. The third-order valence-electron chi connectivity index (χ3n) is 6.96. The monoisotopic (exact) mass is 603 g/mol. The topological polar surface area (TPSA) is 54.5 Å². The Labute approximate surface area is 240 Å². The predicted octanol–water partition coefficient (Wildman–Crippen LogP) is 7.35. The Hall–Kier alpha value is -2.95. The van der Waals surface area contributed by atoms with Crippen molar-refractivity contribution in [2.45, 2.75) is 63.0 Å². The molecule has 0 bridgehead atoms. The lowest BCUT2D eigenvalue weighted by Gasteiger charge is -2.30. The molecule has 0 spiro atoms. The summed E-state index contributed by atoms with van der Waals surface area (Å²) in [6, 6.07) is 10.3. The second-order valence-corrected chi connectivity index (χ2v) is 10.3. The van der Waals surface area contributed by atoms with Gasteiger partial charge in [-0.2, -0.15) is 0 Å². The molecular formula is C28H28Cl2F5N3O2. The van der Waals surface area contributed by atoms with Crippen LogP contribution in [0, 0.1) is 11.6 Å². The summed E-state index contributed by atoms with van der Waals surface area (Å²) in [4.78, 5) is 19.6. The van der Waals surface area contributed by atoms with Crippen LogP contribution in [0.5, 0.6) is 5.75 Å². The normalized spacial score (nSPS) is 19.2. The van der Waals surface area contributed by atoms with Gasteiger partial charge in [0.25, 0.3) is 0 Å². The summed E-state index contributed by atoms with van der Waals surface area (Å²) in [5.41, 5.74) is 1.75. The average molecular weight is 604 g/mol. The second-order valence-electron chi connectivity index (χ2n) is 10.3. The van der Waals surface area contributed by atoms with Crippen molar-refractivity contribution in [2.24, 2.45) is 0 Å². The van der Waals surface area contributed by atoms with E-state index in [0.717, 1.165) is 54.4 Å². The molecule has 0 unspecified atom stereocenters. The average Bonchev–Trinajstić information content (AvgIpc) is 3.63. The number of carbonyl (C=O) groups is 1. The minimum Gasteiger partial charge on any atom is -0.406 e. The Bertz CT molecular complexity index is 1310. The van der Waals surface area contributed by atoms with Gasteiger partial charge in [0, 0.05) is 35.1 Å². The highest BCUT2D eigenvalue weighted by Gasteiger charge is 2.44. The fourth-order valence-electron chi connectivity index (χ4n) is 4.95. The van der Waals surface area contributed by atoms with E-state index in [1.807, 2.05) is 26.0 Å². The summed E-state index contributed by atoms with van der Waals surface area (Å²) in [5, 5.41) is 3.36. The molecule has 216 valence electrons. The number of nitrogens with zero attached hydrogens (tertiary/aromatic N) is 2. The highest BCUT2D eigenvalue weighted by molar-refractivity contribution is 6.00. The van der Waals surface area contributed by atoms with E-state index in [0.29, 0.717) is 5.92 Å². The molecule has 2 heterocycles. The van der Waals surface area contributed by atoms with E-state index in [1.54, 1.807) is 6.20 Å². The van der Waals surface area contributed by atoms with Crippen molar-refractivity contribution < 1.29 is 31.5 Å². The van der Waals surface area contributed by atoms with Gasteiger partial charge >= 0.3 is 6.36 Å². The molecule has 2 aliphatic rings. The largest absolute Gasteiger partial charge is 0.573 e. The highest BCUT2D eigenvalue weighted by atomic mass is 35.5. The molecule has 2 aromatic carbocycles. The van der Waals surface area contributed by atoms with Gasteiger partial charge in [-0.3, -0.25) is 15.1 Å². The van der Waals surface area contributed by atoms with E-state index >= 15 is 0 Å². The Balaban J connectivity index is 0.00000220. The number of anilines is 1. The van der Waals surface area contributed by atoms with Crippen LogP contribution in [0.3, 0.4) is 0 Å². The quantitative estimate of drug-likeness (QED) is 0.287. The molecule has 2 atom stereocenters. The Morgan fingerprint density at radius 1 is 0.950 bits per heavy atom. The zero-order valence-electron chi connectivity index (χ0n) is 21.5. The fraction of sp³-hybridized carbons (Fsp3) is 0.357. The smallest absolute Gasteiger partial charge is 0.406 e. The van der Waals surface area contributed by atoms with E-state index in [-0.39, 0.29) is 48.4 Å². The molecule has 1 aliphatic carbocycles. The third kappa shape index (κ3) is 7.03. The molecule has 1 aliphatic heterocycles. The van der Waals surface area contributed by atoms with Gasteiger partial charge in [-0.1, -0.05) is 6.07 Å². The van der Waals surface area contributed by atoms with Gasteiger partial charge in [0.2, 0.25) is 5.91 Å². The van der Waals surface area contributed by atoms with E-state index in [1.165, 1.54) is 17.0 Å². The maximum Gasteiger partial charge on any atom is 0.573 e. The molecule has 1 N–H and O–H groups in total. The molecule has 5 rings (SSSR count). The van der Waals surface area contributed by atoms with Gasteiger partial charge in [0.15, 0.2) is 0 Å². The van der Waals surface area contributed by atoms with Crippen LogP contribution in [0.25, 0.3) is 0 Å². The number of nitrogens with one attached hydrogen (secondary N) is 1. The Morgan fingerprint density at radius 2 is 1.57 bits per heavy atom. The van der Waals surface area contributed by atoms with E-state index < -0.39 is 41.4 Å². The number of ether oxygens (including phenoxy) is 1. The van der Waals surface area contributed by atoms with E-state index in [2.05, 4.69) is 15.0 Å². The summed E-state index contributed by atoms with van der Waals surface area (Å²) >= 11 is 0. The van der Waals surface area contributed by atoms with Crippen LogP contribution in [0.15, 0.2) is 60.8 Å². The maximum absolute atomic E-state index is 14.1. The standard InChI is InChI=1S/C28H26F5N3O2.2ClH/c1-27(2,18-5-10-23(34-15-18)16-3-4-16)35-24-14-25(17-11-19(29)13-20(30)12-17)36(26(24)37)21-6-8-22(9-7-21)38-28(31,32)33;;/h5-13,15-16,24-25,35H,3-4,14H2,1-2H3;2*1H/t24-,25-;;/m0../s1.